The first-order valence-corrected chi connectivity index (χ1v) is 9.89. The van der Waals surface area contributed by atoms with Crippen molar-refractivity contribution < 1.29 is 19.2 Å². The minimum absolute atomic E-state index is 0.0825. The van der Waals surface area contributed by atoms with Crippen molar-refractivity contribution in [2.24, 2.45) is 0 Å². The Balaban J connectivity index is 1.72. The number of anilines is 1. The number of nitrogens with zero attached hydrogens (tertiary/aromatic N) is 2. The zero-order chi connectivity index (χ0) is 22.4. The number of rotatable bonds is 8. The lowest BCUT2D eigenvalue weighted by Crippen LogP contribution is -2.16. The molecular weight excluding hydrogens is 424 g/mol. The second kappa shape index (κ2) is 9.76. The van der Waals surface area contributed by atoms with Crippen LogP contribution in [0.2, 0.25) is 0 Å². The van der Waals surface area contributed by atoms with Gasteiger partial charge in [-0.25, -0.2) is 4.98 Å². The van der Waals surface area contributed by atoms with Crippen molar-refractivity contribution in [2.45, 2.75) is 5.16 Å². The molecular formula is C20H18N4O6S. The maximum Gasteiger partial charge on any atom is 0.271 e. The number of nitro groups is 1. The summed E-state index contributed by atoms with van der Waals surface area (Å²) in [5, 5.41) is 13.8. The molecule has 1 amide bonds. The van der Waals surface area contributed by atoms with Crippen LogP contribution in [-0.2, 0) is 4.79 Å². The third-order valence-corrected chi connectivity index (χ3v) is 4.99. The highest BCUT2D eigenvalue weighted by Gasteiger charge is 2.14. The van der Waals surface area contributed by atoms with E-state index in [2.05, 4.69) is 15.3 Å². The summed E-state index contributed by atoms with van der Waals surface area (Å²) in [4.78, 5) is 41.7. The molecule has 31 heavy (non-hydrogen) atoms. The number of hydrogen-bond acceptors (Lipinski definition) is 8. The van der Waals surface area contributed by atoms with E-state index in [9.17, 15) is 19.7 Å². The normalized spacial score (nSPS) is 10.4. The molecule has 0 bridgehead atoms. The number of benzene rings is 2. The van der Waals surface area contributed by atoms with Gasteiger partial charge in [-0.1, -0.05) is 11.8 Å². The lowest BCUT2D eigenvalue weighted by atomic mass is 10.1. The first kappa shape index (κ1) is 21.8. The van der Waals surface area contributed by atoms with Crippen molar-refractivity contribution in [2.75, 3.05) is 25.3 Å². The van der Waals surface area contributed by atoms with Gasteiger partial charge in [0.1, 0.15) is 11.5 Å². The fourth-order valence-electron chi connectivity index (χ4n) is 2.64. The fourth-order valence-corrected chi connectivity index (χ4v) is 3.32. The zero-order valence-electron chi connectivity index (χ0n) is 16.6. The van der Waals surface area contributed by atoms with Crippen molar-refractivity contribution >= 4 is 29.0 Å². The van der Waals surface area contributed by atoms with Crippen LogP contribution in [0.15, 0.2) is 58.5 Å². The molecule has 160 valence electrons. The molecule has 0 unspecified atom stereocenters. The molecule has 0 spiro atoms. The summed E-state index contributed by atoms with van der Waals surface area (Å²) in [6.45, 7) is 0. The predicted octanol–water partition coefficient (Wildman–Crippen LogP) is 3.09. The van der Waals surface area contributed by atoms with E-state index in [1.807, 2.05) is 0 Å². The number of nitro benzene ring substituents is 1. The van der Waals surface area contributed by atoms with Crippen LogP contribution in [0.1, 0.15) is 0 Å². The average molecular weight is 442 g/mol. The van der Waals surface area contributed by atoms with Crippen molar-refractivity contribution in [3.63, 3.8) is 0 Å². The van der Waals surface area contributed by atoms with Gasteiger partial charge in [0.2, 0.25) is 5.91 Å². The molecule has 1 aromatic heterocycles. The Morgan fingerprint density at radius 2 is 1.90 bits per heavy atom. The van der Waals surface area contributed by atoms with Gasteiger partial charge in [-0.2, -0.15) is 0 Å². The second-order valence-corrected chi connectivity index (χ2v) is 7.11. The number of non-ortho nitro benzene ring substituents is 1. The monoisotopic (exact) mass is 442 g/mol. The number of carbonyl (C=O) groups excluding carboxylic acids is 1. The first-order chi connectivity index (χ1) is 14.9. The van der Waals surface area contributed by atoms with Gasteiger partial charge in [-0.05, 0) is 30.3 Å². The van der Waals surface area contributed by atoms with E-state index in [0.29, 0.717) is 11.4 Å². The number of hydrogen-bond donors (Lipinski definition) is 2. The predicted molar refractivity (Wildman–Crippen MR) is 116 cm³/mol. The van der Waals surface area contributed by atoms with Crippen molar-refractivity contribution in [3.8, 4) is 22.8 Å². The molecule has 3 aromatic rings. The summed E-state index contributed by atoms with van der Waals surface area (Å²) >= 11 is 1.02. The summed E-state index contributed by atoms with van der Waals surface area (Å²) in [5.74, 6) is 0.440. The maximum absolute atomic E-state index is 12.4. The number of thioether (sulfide) groups is 1. The Hall–Kier alpha value is -3.86. The van der Waals surface area contributed by atoms with Crippen molar-refractivity contribution in [1.82, 2.24) is 9.97 Å². The molecule has 2 N–H and O–H groups in total. The smallest absolute Gasteiger partial charge is 0.271 e. The standard InChI is InChI=1S/C20H18N4O6S/c1-29-14-6-3-12(4-7-14)15-10-18(25)23-20(22-15)31-11-19(26)21-16-9-13(24(27)28)5-8-17(16)30-2/h3-10H,11H2,1-2H3,(H,21,26)(H,22,23,25). The number of aromatic nitrogens is 2. The lowest BCUT2D eigenvalue weighted by molar-refractivity contribution is -0.384. The summed E-state index contributed by atoms with van der Waals surface area (Å²) < 4.78 is 10.2. The van der Waals surface area contributed by atoms with Crippen molar-refractivity contribution in [1.29, 1.82) is 0 Å². The van der Waals surface area contributed by atoms with E-state index in [4.69, 9.17) is 9.47 Å². The summed E-state index contributed by atoms with van der Waals surface area (Å²) in [5.41, 5.74) is 0.816. The zero-order valence-corrected chi connectivity index (χ0v) is 17.4. The highest BCUT2D eigenvalue weighted by atomic mass is 32.2. The number of aromatic amines is 1. The van der Waals surface area contributed by atoms with Gasteiger partial charge in [0.25, 0.3) is 11.2 Å². The van der Waals surface area contributed by atoms with Gasteiger partial charge in [0.15, 0.2) is 5.16 Å². The van der Waals surface area contributed by atoms with Crippen LogP contribution < -0.4 is 20.3 Å². The van der Waals surface area contributed by atoms with Crippen LogP contribution in [-0.4, -0.2) is 40.8 Å². The number of methoxy groups -OCH3 is 2. The molecule has 0 fully saturated rings. The fraction of sp³-hybridized carbons (Fsp3) is 0.150. The number of ether oxygens (including phenoxy) is 2. The molecule has 0 radical (unpaired) electrons. The average Bonchev–Trinajstić information content (AvgIpc) is 2.77. The molecule has 0 aliphatic heterocycles. The number of nitrogens with one attached hydrogen (secondary N) is 2. The molecule has 0 aliphatic carbocycles. The third kappa shape index (κ3) is 5.60. The second-order valence-electron chi connectivity index (χ2n) is 6.14. The first-order valence-electron chi connectivity index (χ1n) is 8.90. The van der Waals surface area contributed by atoms with Gasteiger partial charge in [0.05, 0.1) is 36.3 Å². The summed E-state index contributed by atoms with van der Waals surface area (Å²) in [6, 6.07) is 12.3. The Morgan fingerprint density at radius 3 is 2.55 bits per heavy atom. The molecule has 0 atom stereocenters. The van der Waals surface area contributed by atoms with Crippen LogP contribution in [0, 0.1) is 10.1 Å². The van der Waals surface area contributed by atoms with Crippen molar-refractivity contribution in [3.05, 3.63) is 69.0 Å². The molecule has 2 aromatic carbocycles. The summed E-state index contributed by atoms with van der Waals surface area (Å²) in [6.07, 6.45) is 0. The highest BCUT2D eigenvalue weighted by Crippen LogP contribution is 2.29. The Bertz CT molecular complexity index is 1160. The lowest BCUT2D eigenvalue weighted by Gasteiger charge is -2.10. The van der Waals surface area contributed by atoms with Crippen LogP contribution in [0.5, 0.6) is 11.5 Å². The maximum atomic E-state index is 12.4. The van der Waals surface area contributed by atoms with Gasteiger partial charge in [-0.15, -0.1) is 0 Å². The highest BCUT2D eigenvalue weighted by molar-refractivity contribution is 7.99. The molecule has 0 aliphatic rings. The van der Waals surface area contributed by atoms with E-state index in [0.717, 1.165) is 17.3 Å². The van der Waals surface area contributed by atoms with E-state index in [1.54, 1.807) is 31.4 Å². The number of H-pyrrole nitrogens is 1. The van der Waals surface area contributed by atoms with E-state index >= 15 is 0 Å². The van der Waals surface area contributed by atoms with E-state index in [-0.39, 0.29) is 33.6 Å². The van der Waals surface area contributed by atoms with Gasteiger partial charge in [0, 0.05) is 23.8 Å². The molecule has 0 saturated heterocycles. The minimum Gasteiger partial charge on any atom is -0.497 e. The molecule has 1 heterocycles. The molecule has 0 saturated carbocycles. The Kier molecular flexibility index (Phi) is 6.88. The molecule has 10 nitrogen and oxygen atoms in total. The SMILES string of the molecule is COc1ccc(-c2cc(=O)[nH]c(SCC(=O)Nc3cc([N+](=O)[O-])ccc3OC)n2)cc1. The quantitative estimate of drug-likeness (QED) is 0.235. The largest absolute Gasteiger partial charge is 0.497 e. The molecule has 11 heteroatoms. The third-order valence-electron chi connectivity index (χ3n) is 4.11. The molecule has 3 rings (SSSR count). The van der Waals surface area contributed by atoms with Gasteiger partial charge < -0.3 is 19.8 Å². The Labute approximate surface area is 180 Å². The minimum atomic E-state index is -0.566. The van der Waals surface area contributed by atoms with Crippen LogP contribution in [0.3, 0.4) is 0 Å². The van der Waals surface area contributed by atoms with Gasteiger partial charge >= 0.3 is 0 Å². The number of amides is 1. The Morgan fingerprint density at radius 1 is 1.16 bits per heavy atom. The topological polar surface area (TPSA) is 136 Å². The van der Waals surface area contributed by atoms with E-state index < -0.39 is 10.8 Å². The van der Waals surface area contributed by atoms with Gasteiger partial charge in [-0.3, -0.25) is 19.7 Å². The summed E-state index contributed by atoms with van der Waals surface area (Å²) in [7, 11) is 2.95. The van der Waals surface area contributed by atoms with Crippen LogP contribution >= 0.6 is 11.8 Å². The number of carbonyl (C=O) groups is 1. The van der Waals surface area contributed by atoms with Crippen LogP contribution in [0.25, 0.3) is 11.3 Å². The van der Waals surface area contributed by atoms with Crippen LogP contribution in [0.4, 0.5) is 11.4 Å². The van der Waals surface area contributed by atoms with E-state index in [1.165, 1.54) is 31.4 Å².